The van der Waals surface area contributed by atoms with Crippen LogP contribution in [0.1, 0.15) is 33.3 Å². The summed E-state index contributed by atoms with van der Waals surface area (Å²) in [7, 11) is 0. The van der Waals surface area contributed by atoms with E-state index in [2.05, 4.69) is 0 Å². The first-order valence-electron chi connectivity index (χ1n) is 8.07. The summed E-state index contributed by atoms with van der Waals surface area (Å²) in [6.07, 6.45) is -0.497. The highest BCUT2D eigenvalue weighted by Crippen LogP contribution is 2.19. The molecule has 0 aliphatic carbocycles. The maximum atomic E-state index is 12.4. The molecule has 8 nitrogen and oxygen atoms in total. The molecule has 1 fully saturated rings. The minimum absolute atomic E-state index is 0.0122. The lowest BCUT2D eigenvalue weighted by Gasteiger charge is -2.39. The molecule has 2 amide bonds. The van der Waals surface area contributed by atoms with Crippen molar-refractivity contribution in [2.45, 2.75) is 45.9 Å². The van der Waals surface area contributed by atoms with E-state index < -0.39 is 16.6 Å². The highest BCUT2D eigenvalue weighted by atomic mass is 16.6. The van der Waals surface area contributed by atoms with Crippen molar-refractivity contribution in [3.05, 3.63) is 39.9 Å². The van der Waals surface area contributed by atoms with Crippen LogP contribution in [0.4, 0.5) is 10.5 Å². The monoisotopic (exact) mass is 349 g/mol. The first-order valence-corrected chi connectivity index (χ1v) is 8.07. The number of carbonyl (C=O) groups is 2. The van der Waals surface area contributed by atoms with Crippen molar-refractivity contribution in [1.29, 1.82) is 0 Å². The Morgan fingerprint density at radius 3 is 2.44 bits per heavy atom. The minimum atomic E-state index is -0.615. The first-order chi connectivity index (χ1) is 11.6. The zero-order chi connectivity index (χ0) is 18.8. The summed E-state index contributed by atoms with van der Waals surface area (Å²) in [6.45, 7) is 7.90. The van der Waals surface area contributed by atoms with Crippen LogP contribution in [0, 0.1) is 10.1 Å². The van der Waals surface area contributed by atoms with E-state index in [0.717, 1.165) is 5.56 Å². The standard InChI is InChI=1S/C17H23N3O5/c1-12-9-18(10-13-5-7-14(8-6-13)20(23)24)15(21)11-19(12)16(22)25-17(2,3)4/h5-8,12H,9-11H2,1-4H3. The van der Waals surface area contributed by atoms with Gasteiger partial charge in [-0.1, -0.05) is 12.1 Å². The molecule has 1 saturated heterocycles. The smallest absolute Gasteiger partial charge is 0.411 e. The summed E-state index contributed by atoms with van der Waals surface area (Å²) in [5.41, 5.74) is 0.200. The summed E-state index contributed by atoms with van der Waals surface area (Å²) in [5.74, 6) is -0.178. The van der Waals surface area contributed by atoms with Crippen molar-refractivity contribution in [2.75, 3.05) is 13.1 Å². The average Bonchev–Trinajstić information content (AvgIpc) is 2.49. The molecule has 0 radical (unpaired) electrons. The number of benzene rings is 1. The first kappa shape index (κ1) is 18.7. The van der Waals surface area contributed by atoms with Crippen LogP contribution in [0.15, 0.2) is 24.3 Å². The third kappa shape index (κ3) is 4.91. The number of rotatable bonds is 3. The molecule has 0 spiro atoms. The molecule has 0 aromatic heterocycles. The average molecular weight is 349 g/mol. The molecule has 136 valence electrons. The molecule has 1 unspecified atom stereocenters. The van der Waals surface area contributed by atoms with Crippen molar-refractivity contribution in [1.82, 2.24) is 9.80 Å². The maximum absolute atomic E-state index is 12.4. The Morgan fingerprint density at radius 2 is 1.92 bits per heavy atom. The summed E-state index contributed by atoms with van der Waals surface area (Å²) >= 11 is 0. The molecule has 8 heteroatoms. The van der Waals surface area contributed by atoms with Crippen LogP contribution in [-0.4, -0.2) is 51.5 Å². The summed E-state index contributed by atoms with van der Waals surface area (Å²) in [5, 5.41) is 10.7. The Kier molecular flexibility index (Phi) is 5.30. The molecule has 2 rings (SSSR count). The van der Waals surface area contributed by atoms with Gasteiger partial charge in [-0.25, -0.2) is 4.79 Å². The van der Waals surface area contributed by atoms with E-state index in [1.807, 2.05) is 6.92 Å². The van der Waals surface area contributed by atoms with Gasteiger partial charge in [-0.2, -0.15) is 0 Å². The lowest BCUT2D eigenvalue weighted by Crippen LogP contribution is -2.57. The Balaban J connectivity index is 2.01. The van der Waals surface area contributed by atoms with Crippen molar-refractivity contribution in [3.8, 4) is 0 Å². The molecule has 1 aromatic rings. The second-order valence-corrected chi connectivity index (χ2v) is 7.16. The van der Waals surface area contributed by atoms with E-state index in [1.165, 1.54) is 17.0 Å². The van der Waals surface area contributed by atoms with E-state index in [-0.39, 0.29) is 24.2 Å². The van der Waals surface area contributed by atoms with Gasteiger partial charge in [-0.05, 0) is 33.3 Å². The number of piperazine rings is 1. The van der Waals surface area contributed by atoms with E-state index >= 15 is 0 Å². The fraction of sp³-hybridized carbons (Fsp3) is 0.529. The summed E-state index contributed by atoms with van der Waals surface area (Å²) < 4.78 is 5.34. The van der Waals surface area contributed by atoms with Gasteiger partial charge in [0.2, 0.25) is 5.91 Å². The second kappa shape index (κ2) is 7.08. The number of amides is 2. The highest BCUT2D eigenvalue weighted by molar-refractivity contribution is 5.84. The van der Waals surface area contributed by atoms with Crippen LogP contribution in [0.25, 0.3) is 0 Å². The van der Waals surface area contributed by atoms with E-state index in [9.17, 15) is 19.7 Å². The molecule has 0 bridgehead atoms. The molecule has 25 heavy (non-hydrogen) atoms. The third-order valence-corrected chi connectivity index (χ3v) is 3.82. The largest absolute Gasteiger partial charge is 0.444 e. The topological polar surface area (TPSA) is 93.0 Å². The van der Waals surface area contributed by atoms with E-state index in [1.54, 1.807) is 37.8 Å². The van der Waals surface area contributed by atoms with Gasteiger partial charge in [0.15, 0.2) is 0 Å². The minimum Gasteiger partial charge on any atom is -0.444 e. The normalized spacial score (nSPS) is 18.2. The molecule has 1 aromatic carbocycles. The van der Waals surface area contributed by atoms with Crippen LogP contribution in [0.5, 0.6) is 0 Å². The van der Waals surface area contributed by atoms with Crippen LogP contribution in [0.3, 0.4) is 0 Å². The van der Waals surface area contributed by atoms with Gasteiger partial charge >= 0.3 is 6.09 Å². The van der Waals surface area contributed by atoms with Crippen LogP contribution in [0.2, 0.25) is 0 Å². The molecule has 0 N–H and O–H groups in total. The number of nitro groups is 1. The Morgan fingerprint density at radius 1 is 1.32 bits per heavy atom. The summed E-state index contributed by atoms with van der Waals surface area (Å²) in [4.78, 5) is 37.9. The number of hydrogen-bond acceptors (Lipinski definition) is 5. The third-order valence-electron chi connectivity index (χ3n) is 3.82. The van der Waals surface area contributed by atoms with Crippen molar-refractivity contribution < 1.29 is 19.2 Å². The van der Waals surface area contributed by atoms with Crippen LogP contribution < -0.4 is 0 Å². The molecule has 0 saturated carbocycles. The number of non-ortho nitro benzene ring substituents is 1. The maximum Gasteiger partial charge on any atom is 0.411 e. The fourth-order valence-electron chi connectivity index (χ4n) is 2.58. The van der Waals surface area contributed by atoms with Crippen LogP contribution >= 0.6 is 0 Å². The number of carbonyl (C=O) groups excluding carboxylic acids is 2. The number of nitro benzene ring substituents is 1. The van der Waals surface area contributed by atoms with Crippen molar-refractivity contribution >= 4 is 17.7 Å². The number of hydrogen-bond donors (Lipinski definition) is 0. The Bertz CT molecular complexity index is 666. The predicted octanol–water partition coefficient (Wildman–Crippen LogP) is 2.56. The molecule has 1 heterocycles. The van der Waals surface area contributed by atoms with E-state index in [4.69, 9.17) is 4.74 Å². The van der Waals surface area contributed by atoms with Gasteiger partial charge in [0.1, 0.15) is 12.1 Å². The zero-order valence-electron chi connectivity index (χ0n) is 14.9. The lowest BCUT2D eigenvalue weighted by molar-refractivity contribution is -0.384. The SMILES string of the molecule is CC1CN(Cc2ccc([N+](=O)[O-])cc2)C(=O)CN1C(=O)OC(C)(C)C. The Labute approximate surface area is 146 Å². The molecular formula is C17H23N3O5. The van der Waals surface area contributed by atoms with Crippen LogP contribution in [-0.2, 0) is 16.1 Å². The summed E-state index contributed by atoms with van der Waals surface area (Å²) in [6, 6.07) is 5.93. The van der Waals surface area contributed by atoms with Crippen molar-refractivity contribution in [3.63, 3.8) is 0 Å². The van der Waals surface area contributed by atoms with Gasteiger partial charge in [0.25, 0.3) is 5.69 Å². The lowest BCUT2D eigenvalue weighted by atomic mass is 10.1. The zero-order valence-corrected chi connectivity index (χ0v) is 14.9. The number of nitrogens with zero attached hydrogens (tertiary/aromatic N) is 3. The van der Waals surface area contributed by atoms with E-state index in [0.29, 0.717) is 13.1 Å². The second-order valence-electron chi connectivity index (χ2n) is 7.16. The Hall–Kier alpha value is -2.64. The van der Waals surface area contributed by atoms with Gasteiger partial charge in [-0.15, -0.1) is 0 Å². The number of ether oxygens (including phenoxy) is 1. The fourth-order valence-corrected chi connectivity index (χ4v) is 2.58. The highest BCUT2D eigenvalue weighted by Gasteiger charge is 2.34. The van der Waals surface area contributed by atoms with Crippen molar-refractivity contribution in [2.24, 2.45) is 0 Å². The van der Waals surface area contributed by atoms with Gasteiger partial charge < -0.3 is 9.64 Å². The molecular weight excluding hydrogens is 326 g/mol. The van der Waals surface area contributed by atoms with Gasteiger partial charge in [0, 0.05) is 25.2 Å². The molecule has 1 atom stereocenters. The van der Waals surface area contributed by atoms with Gasteiger partial charge in [0.05, 0.1) is 11.0 Å². The molecule has 1 aliphatic rings. The molecule has 1 aliphatic heterocycles. The quantitative estimate of drug-likeness (QED) is 0.617. The van der Waals surface area contributed by atoms with Gasteiger partial charge in [-0.3, -0.25) is 19.8 Å². The predicted molar refractivity (Wildman–Crippen MR) is 90.9 cm³/mol.